The van der Waals surface area contributed by atoms with Crippen LogP contribution in [0.4, 0.5) is 0 Å². The number of benzene rings is 1. The molecular formula is C22H27ClN4O9P2. The molecule has 7 atom stereocenters. The van der Waals surface area contributed by atoms with E-state index in [0.717, 1.165) is 19.3 Å². The van der Waals surface area contributed by atoms with E-state index in [0.29, 0.717) is 11.3 Å². The van der Waals surface area contributed by atoms with Crippen LogP contribution in [0.1, 0.15) is 54.2 Å². The zero-order valence-corrected chi connectivity index (χ0v) is 22.4. The van der Waals surface area contributed by atoms with Gasteiger partial charge in [-0.05, 0) is 35.9 Å². The van der Waals surface area contributed by atoms with Crippen molar-refractivity contribution in [3.05, 3.63) is 58.8 Å². The van der Waals surface area contributed by atoms with Gasteiger partial charge in [0.2, 0.25) is 5.28 Å². The maximum absolute atomic E-state index is 12.0. The van der Waals surface area contributed by atoms with Crippen molar-refractivity contribution in [2.45, 2.75) is 55.5 Å². The molecule has 5 N–H and O–H groups in total. The molecule has 0 spiro atoms. The quantitative estimate of drug-likeness (QED) is 0.241. The zero-order valence-electron chi connectivity index (χ0n) is 19.9. The third kappa shape index (κ3) is 5.73. The Labute approximate surface area is 222 Å². The molecule has 3 aromatic rings. The van der Waals surface area contributed by atoms with Gasteiger partial charge in [0.05, 0.1) is 24.2 Å². The molecule has 0 bridgehead atoms. The highest BCUT2D eigenvalue weighted by Crippen LogP contribution is 2.55. The van der Waals surface area contributed by atoms with Crippen LogP contribution in [-0.4, -0.2) is 75.3 Å². The van der Waals surface area contributed by atoms with Gasteiger partial charge in [-0.25, -0.2) is 14.5 Å². The molecule has 2 aromatic heterocycles. The molecule has 0 radical (unpaired) electrons. The molecule has 1 aliphatic heterocycles. The van der Waals surface area contributed by atoms with Gasteiger partial charge in [0.1, 0.15) is 24.4 Å². The average molecular weight is 589 g/mol. The van der Waals surface area contributed by atoms with Crippen LogP contribution in [0.5, 0.6) is 0 Å². The molecule has 2 unspecified atom stereocenters. The highest BCUT2D eigenvalue weighted by atomic mass is 35.5. The van der Waals surface area contributed by atoms with Crippen molar-refractivity contribution in [1.29, 1.82) is 0 Å². The Morgan fingerprint density at radius 3 is 2.50 bits per heavy atom. The second kappa shape index (κ2) is 10.7. The summed E-state index contributed by atoms with van der Waals surface area (Å²) in [6.45, 7) is -0.693. The number of rotatable bonds is 8. The van der Waals surface area contributed by atoms with Crippen LogP contribution in [0.2, 0.25) is 5.28 Å². The van der Waals surface area contributed by atoms with Crippen LogP contribution in [0.25, 0.3) is 5.65 Å². The Hall–Kier alpha value is -1.76. The number of nitrogens with zero attached hydrogens (tertiary/aromatic N) is 4. The van der Waals surface area contributed by atoms with E-state index >= 15 is 0 Å². The lowest BCUT2D eigenvalue weighted by Gasteiger charge is -2.20. The number of fused-ring (bicyclic) bond motifs is 1. The van der Waals surface area contributed by atoms with Crippen molar-refractivity contribution < 1.29 is 43.3 Å². The van der Waals surface area contributed by atoms with Crippen LogP contribution in [0.3, 0.4) is 0 Å². The van der Waals surface area contributed by atoms with Crippen molar-refractivity contribution in [2.24, 2.45) is 0 Å². The van der Waals surface area contributed by atoms with Crippen molar-refractivity contribution in [2.75, 3.05) is 12.5 Å². The molecular weight excluding hydrogens is 562 g/mol. The fraction of sp³-hybridized carbons (Fsp3) is 0.500. The van der Waals surface area contributed by atoms with E-state index in [1.165, 1.54) is 16.3 Å². The zero-order chi connectivity index (χ0) is 27.2. The normalized spacial score (nSPS) is 29.6. The largest absolute Gasteiger partial charge is 0.387 e. The molecule has 13 nitrogen and oxygen atoms in total. The lowest BCUT2D eigenvalue weighted by Crippen LogP contribution is -2.33. The van der Waals surface area contributed by atoms with Gasteiger partial charge >= 0.3 is 15.2 Å². The highest BCUT2D eigenvalue weighted by molar-refractivity contribution is 7.70. The number of ether oxygens (including phenoxy) is 1. The minimum atomic E-state index is -4.83. The molecule has 206 valence electrons. The monoisotopic (exact) mass is 588 g/mol. The maximum Gasteiger partial charge on any atom is 0.340 e. The molecule has 16 heteroatoms. The molecule has 1 saturated carbocycles. The van der Waals surface area contributed by atoms with Gasteiger partial charge < -0.3 is 34.2 Å². The summed E-state index contributed by atoms with van der Waals surface area (Å²) in [6, 6.07) is 10.1. The molecule has 3 heterocycles. The smallest absolute Gasteiger partial charge is 0.340 e. The second-order valence-corrected chi connectivity index (χ2v) is 13.9. The topological polar surface area (TPSA) is 197 Å². The third-order valence-electron chi connectivity index (χ3n) is 6.94. The summed E-state index contributed by atoms with van der Waals surface area (Å²) in [4.78, 5) is 36.6. The van der Waals surface area contributed by atoms with Crippen molar-refractivity contribution in [3.8, 4) is 0 Å². The number of imidazole rings is 1. The fourth-order valence-electron chi connectivity index (χ4n) is 5.32. The molecule has 5 rings (SSSR count). The Kier molecular flexibility index (Phi) is 7.80. The van der Waals surface area contributed by atoms with E-state index in [1.54, 1.807) is 0 Å². The van der Waals surface area contributed by atoms with Crippen LogP contribution >= 0.6 is 26.8 Å². The predicted octanol–water partition coefficient (Wildman–Crippen LogP) is 2.33. The Balaban J connectivity index is 1.41. The number of hydrogen-bond donors (Lipinski definition) is 5. The van der Waals surface area contributed by atoms with Gasteiger partial charge in [-0.2, -0.15) is 0 Å². The number of aromatic nitrogens is 4. The average Bonchev–Trinajstić information content (AvgIpc) is 3.55. The van der Waals surface area contributed by atoms with Crippen molar-refractivity contribution in [1.82, 2.24) is 19.6 Å². The molecule has 2 fully saturated rings. The number of aliphatic hydroxyl groups excluding tert-OH is 2. The molecule has 1 aliphatic carbocycles. The fourth-order valence-corrected chi connectivity index (χ4v) is 8.05. The van der Waals surface area contributed by atoms with Crippen LogP contribution in [0.15, 0.2) is 36.5 Å². The SMILES string of the molecule is O=P(O)(O)CP(=O)(O)OC[C@H]1O[C@@H](c2cnc3c(C4CCC[C@H]4c4ccccc4)nc(Cl)nn23)[C@H](O)[C@@H]1O. The Bertz CT molecular complexity index is 1400. The minimum Gasteiger partial charge on any atom is -0.387 e. The predicted molar refractivity (Wildman–Crippen MR) is 134 cm³/mol. The van der Waals surface area contributed by atoms with E-state index in [-0.39, 0.29) is 22.8 Å². The summed E-state index contributed by atoms with van der Waals surface area (Å²) in [5.41, 5.74) is 2.56. The van der Waals surface area contributed by atoms with E-state index < -0.39 is 52.1 Å². The maximum atomic E-state index is 12.0. The van der Waals surface area contributed by atoms with E-state index in [1.807, 2.05) is 18.2 Å². The van der Waals surface area contributed by atoms with Gasteiger partial charge in [-0.3, -0.25) is 9.13 Å². The van der Waals surface area contributed by atoms with Gasteiger partial charge in [-0.1, -0.05) is 36.8 Å². The van der Waals surface area contributed by atoms with Gasteiger partial charge in [-0.15, -0.1) is 5.10 Å². The number of aliphatic hydroxyl groups is 2. The molecule has 38 heavy (non-hydrogen) atoms. The van der Waals surface area contributed by atoms with Crippen LogP contribution < -0.4 is 0 Å². The van der Waals surface area contributed by atoms with Crippen LogP contribution in [0, 0.1) is 0 Å². The first-order chi connectivity index (χ1) is 17.9. The summed E-state index contributed by atoms with van der Waals surface area (Å²) in [6.07, 6.45) is -1.15. The molecule has 1 aromatic carbocycles. The van der Waals surface area contributed by atoms with Crippen molar-refractivity contribution >= 4 is 32.4 Å². The summed E-state index contributed by atoms with van der Waals surface area (Å²) in [7, 11) is -9.51. The first-order valence-corrected chi connectivity index (χ1v) is 15.9. The minimum absolute atomic E-state index is 0.0305. The number of hydrogen-bond acceptors (Lipinski definition) is 9. The second-order valence-electron chi connectivity index (χ2n) is 9.55. The Morgan fingerprint density at radius 1 is 1.08 bits per heavy atom. The third-order valence-corrected chi connectivity index (χ3v) is 10.6. The van der Waals surface area contributed by atoms with Crippen LogP contribution in [-0.2, 0) is 18.4 Å². The molecule has 1 saturated heterocycles. The lowest BCUT2D eigenvalue weighted by molar-refractivity contribution is -0.0204. The van der Waals surface area contributed by atoms with Gasteiger partial charge in [0, 0.05) is 5.92 Å². The number of halogens is 1. The van der Waals surface area contributed by atoms with Gasteiger partial charge in [0.15, 0.2) is 11.6 Å². The first kappa shape index (κ1) is 27.8. The van der Waals surface area contributed by atoms with E-state index in [9.17, 15) is 24.2 Å². The summed E-state index contributed by atoms with van der Waals surface area (Å²) >= 11 is 6.31. The summed E-state index contributed by atoms with van der Waals surface area (Å²) < 4.78 is 35.0. The van der Waals surface area contributed by atoms with Crippen molar-refractivity contribution in [3.63, 3.8) is 0 Å². The molecule has 0 amide bonds. The van der Waals surface area contributed by atoms with E-state index in [2.05, 4.69) is 27.2 Å². The summed E-state index contributed by atoms with van der Waals surface area (Å²) in [5, 5.41) is 25.4. The lowest BCUT2D eigenvalue weighted by atomic mass is 9.87. The van der Waals surface area contributed by atoms with Gasteiger partial charge in [0.25, 0.3) is 0 Å². The van der Waals surface area contributed by atoms with E-state index in [4.69, 9.17) is 30.6 Å². The summed E-state index contributed by atoms with van der Waals surface area (Å²) in [5.74, 6) is -1.14. The Morgan fingerprint density at radius 2 is 1.79 bits per heavy atom. The first-order valence-electron chi connectivity index (χ1n) is 11.9. The standard InChI is InChI=1S/C22H27ClN4O9P2/c23-22-25-17(14-8-4-7-13(14)12-5-2-1-3-6-12)21-24-9-15(27(21)26-22)20-19(29)18(28)16(36-20)10-35-38(33,34)11-37(30,31)32/h1-3,5-6,9,13-14,16,18-20,28-29H,4,7-8,10-11H2,(H,33,34)(H2,30,31,32)/t13-,14?,16+,18+,19+,20-/m0/s1. The highest BCUT2D eigenvalue weighted by Gasteiger charge is 2.46. The molecule has 2 aliphatic rings.